The van der Waals surface area contributed by atoms with E-state index in [1.54, 1.807) is 6.07 Å². The molecule has 1 aromatic carbocycles. The number of rotatable bonds is 2. The SMILES string of the molecule is CC12CC[C@@H](c3cc(Oc4c(F)cccc4F)nnc31)C2(C)C. The lowest BCUT2D eigenvalue weighted by atomic mass is 9.70. The molecule has 0 saturated heterocycles. The van der Waals surface area contributed by atoms with Crippen LogP contribution in [0.25, 0.3) is 0 Å². The van der Waals surface area contributed by atoms with Crippen LogP contribution in [0.3, 0.4) is 0 Å². The number of aromatic nitrogens is 2. The highest BCUT2D eigenvalue weighted by molar-refractivity contribution is 5.46. The van der Waals surface area contributed by atoms with Gasteiger partial charge >= 0.3 is 0 Å². The predicted molar refractivity (Wildman–Crippen MR) is 81.6 cm³/mol. The average Bonchev–Trinajstić information content (AvgIpc) is 2.83. The Labute approximate surface area is 133 Å². The number of benzene rings is 1. The summed E-state index contributed by atoms with van der Waals surface area (Å²) in [4.78, 5) is 0. The summed E-state index contributed by atoms with van der Waals surface area (Å²) in [5, 5.41) is 8.40. The molecule has 1 saturated carbocycles. The molecule has 2 aliphatic rings. The minimum absolute atomic E-state index is 0.00176. The Kier molecular flexibility index (Phi) is 2.84. The predicted octanol–water partition coefficient (Wildman–Crippen LogP) is 4.72. The molecule has 2 bridgehead atoms. The highest BCUT2D eigenvalue weighted by Crippen LogP contribution is 2.67. The zero-order valence-corrected chi connectivity index (χ0v) is 13.4. The standard InChI is InChI=1S/C18H18F2N2O/c1-17(2)11-7-8-18(17,3)16-10(11)9-14(21-22-16)23-15-12(19)5-4-6-13(15)20/h4-6,9,11H,7-8H2,1-3H3/t11-,18?/m0/s1. The first kappa shape index (κ1) is 14.5. The second kappa shape index (κ2) is 4.49. The van der Waals surface area contributed by atoms with Crippen LogP contribution in [-0.4, -0.2) is 10.2 Å². The summed E-state index contributed by atoms with van der Waals surface area (Å²) in [6.45, 7) is 6.73. The smallest absolute Gasteiger partial charge is 0.239 e. The Morgan fingerprint density at radius 2 is 1.83 bits per heavy atom. The van der Waals surface area contributed by atoms with Gasteiger partial charge in [-0.25, -0.2) is 8.78 Å². The Hall–Kier alpha value is -2.04. The summed E-state index contributed by atoms with van der Waals surface area (Å²) in [5.41, 5.74) is 2.21. The summed E-state index contributed by atoms with van der Waals surface area (Å²) in [5.74, 6) is -1.41. The van der Waals surface area contributed by atoms with E-state index in [2.05, 4.69) is 31.0 Å². The van der Waals surface area contributed by atoms with Crippen LogP contribution in [0.4, 0.5) is 8.78 Å². The van der Waals surface area contributed by atoms with Gasteiger partial charge in [0.25, 0.3) is 0 Å². The van der Waals surface area contributed by atoms with Crippen LogP contribution in [-0.2, 0) is 5.41 Å². The fraction of sp³-hybridized carbons (Fsp3) is 0.444. The molecule has 120 valence electrons. The second-order valence-electron chi connectivity index (χ2n) is 7.28. The molecule has 0 N–H and O–H groups in total. The van der Waals surface area contributed by atoms with Gasteiger partial charge in [0, 0.05) is 11.5 Å². The van der Waals surface area contributed by atoms with E-state index in [0.717, 1.165) is 36.2 Å². The van der Waals surface area contributed by atoms with E-state index >= 15 is 0 Å². The topological polar surface area (TPSA) is 35.0 Å². The number of hydrogen-bond acceptors (Lipinski definition) is 3. The number of para-hydroxylation sites is 1. The minimum Gasteiger partial charge on any atom is -0.431 e. The third-order valence-electron chi connectivity index (χ3n) is 6.05. The van der Waals surface area contributed by atoms with Gasteiger partial charge in [-0.3, -0.25) is 0 Å². The van der Waals surface area contributed by atoms with E-state index in [1.165, 1.54) is 6.07 Å². The third-order valence-corrected chi connectivity index (χ3v) is 6.05. The van der Waals surface area contributed by atoms with Gasteiger partial charge in [-0.05, 0) is 41.9 Å². The monoisotopic (exact) mass is 316 g/mol. The lowest BCUT2D eigenvalue weighted by Gasteiger charge is -2.33. The van der Waals surface area contributed by atoms with Crippen LogP contribution >= 0.6 is 0 Å². The van der Waals surface area contributed by atoms with Crippen LogP contribution < -0.4 is 4.74 Å². The van der Waals surface area contributed by atoms with Crippen molar-refractivity contribution in [3.8, 4) is 11.6 Å². The van der Waals surface area contributed by atoms with Crippen molar-refractivity contribution in [2.75, 3.05) is 0 Å². The molecule has 23 heavy (non-hydrogen) atoms. The summed E-state index contributed by atoms with van der Waals surface area (Å²) in [7, 11) is 0. The van der Waals surface area contributed by atoms with Crippen LogP contribution in [0.5, 0.6) is 11.6 Å². The zero-order chi connectivity index (χ0) is 16.4. The van der Waals surface area contributed by atoms with E-state index in [1.807, 2.05) is 0 Å². The Balaban J connectivity index is 1.75. The Bertz CT molecular complexity index is 785. The maximum Gasteiger partial charge on any atom is 0.239 e. The maximum atomic E-state index is 13.7. The lowest BCUT2D eigenvalue weighted by molar-refractivity contribution is 0.226. The molecule has 2 aromatic rings. The van der Waals surface area contributed by atoms with Crippen molar-refractivity contribution in [2.45, 2.75) is 44.9 Å². The van der Waals surface area contributed by atoms with E-state index in [9.17, 15) is 8.78 Å². The number of hydrogen-bond donors (Lipinski definition) is 0. The molecule has 1 heterocycles. The van der Waals surface area contributed by atoms with Crippen molar-refractivity contribution in [3.63, 3.8) is 0 Å². The molecular formula is C18H18F2N2O. The van der Waals surface area contributed by atoms with E-state index < -0.39 is 17.4 Å². The minimum atomic E-state index is -0.749. The summed E-state index contributed by atoms with van der Waals surface area (Å²) in [6.07, 6.45) is 2.18. The number of fused-ring (bicyclic) bond motifs is 5. The highest BCUT2D eigenvalue weighted by Gasteiger charge is 2.60. The van der Waals surface area contributed by atoms with Crippen LogP contribution in [0.1, 0.15) is 50.8 Å². The van der Waals surface area contributed by atoms with Crippen LogP contribution in [0, 0.1) is 17.0 Å². The van der Waals surface area contributed by atoms with Gasteiger partial charge in [-0.15, -0.1) is 5.10 Å². The molecule has 0 radical (unpaired) electrons. The summed E-state index contributed by atoms with van der Waals surface area (Å²) in [6, 6.07) is 5.41. The molecule has 0 amide bonds. The fourth-order valence-corrected chi connectivity index (χ4v) is 4.28. The second-order valence-corrected chi connectivity index (χ2v) is 7.28. The summed E-state index contributed by atoms with van der Waals surface area (Å²) >= 11 is 0. The molecule has 0 aliphatic heterocycles. The largest absolute Gasteiger partial charge is 0.431 e. The Morgan fingerprint density at radius 3 is 2.52 bits per heavy atom. The molecule has 1 unspecified atom stereocenters. The van der Waals surface area contributed by atoms with Crippen molar-refractivity contribution in [2.24, 2.45) is 5.41 Å². The third kappa shape index (κ3) is 1.79. The molecule has 1 fully saturated rings. The van der Waals surface area contributed by atoms with Crippen LogP contribution in [0.2, 0.25) is 0 Å². The van der Waals surface area contributed by atoms with Gasteiger partial charge < -0.3 is 4.74 Å². The van der Waals surface area contributed by atoms with Crippen molar-refractivity contribution < 1.29 is 13.5 Å². The molecule has 5 heteroatoms. The number of halogens is 2. The molecule has 2 atom stereocenters. The van der Waals surface area contributed by atoms with E-state index in [-0.39, 0.29) is 16.7 Å². The van der Waals surface area contributed by atoms with Crippen molar-refractivity contribution in [3.05, 3.63) is 47.2 Å². The molecular weight excluding hydrogens is 298 g/mol. The van der Waals surface area contributed by atoms with Gasteiger partial charge in [0.2, 0.25) is 11.6 Å². The number of ether oxygens (including phenoxy) is 1. The summed E-state index contributed by atoms with van der Waals surface area (Å²) < 4.78 is 32.8. The first-order valence-electron chi connectivity index (χ1n) is 7.84. The van der Waals surface area contributed by atoms with E-state index in [0.29, 0.717) is 5.92 Å². The molecule has 3 nitrogen and oxygen atoms in total. The average molecular weight is 316 g/mol. The molecule has 0 spiro atoms. The first-order chi connectivity index (χ1) is 10.8. The quantitative estimate of drug-likeness (QED) is 0.804. The normalized spacial score (nSPS) is 27.1. The maximum absolute atomic E-state index is 13.7. The Morgan fingerprint density at radius 1 is 1.13 bits per heavy atom. The van der Waals surface area contributed by atoms with Gasteiger partial charge in [-0.1, -0.05) is 26.8 Å². The number of nitrogens with zero attached hydrogens (tertiary/aromatic N) is 2. The van der Waals surface area contributed by atoms with Crippen molar-refractivity contribution >= 4 is 0 Å². The molecule has 2 aliphatic carbocycles. The molecule has 1 aromatic heterocycles. The first-order valence-corrected chi connectivity index (χ1v) is 7.84. The lowest BCUT2D eigenvalue weighted by Crippen LogP contribution is -2.32. The van der Waals surface area contributed by atoms with Crippen molar-refractivity contribution in [1.82, 2.24) is 10.2 Å². The van der Waals surface area contributed by atoms with Crippen LogP contribution in [0.15, 0.2) is 24.3 Å². The highest BCUT2D eigenvalue weighted by atomic mass is 19.1. The zero-order valence-electron chi connectivity index (χ0n) is 13.4. The van der Waals surface area contributed by atoms with Crippen molar-refractivity contribution in [1.29, 1.82) is 0 Å². The van der Waals surface area contributed by atoms with E-state index in [4.69, 9.17) is 4.74 Å². The fourth-order valence-electron chi connectivity index (χ4n) is 4.28. The van der Waals surface area contributed by atoms with Gasteiger partial charge in [-0.2, -0.15) is 5.10 Å². The molecule has 4 rings (SSSR count). The van der Waals surface area contributed by atoms with Gasteiger partial charge in [0.05, 0.1) is 5.69 Å². The van der Waals surface area contributed by atoms with Gasteiger partial charge in [0.1, 0.15) is 0 Å². The van der Waals surface area contributed by atoms with Gasteiger partial charge in [0.15, 0.2) is 11.6 Å².